The predicted octanol–water partition coefficient (Wildman–Crippen LogP) is 2.56. The molecule has 1 aromatic rings. The second-order valence-electron chi connectivity index (χ2n) is 5.11. The van der Waals surface area contributed by atoms with Gasteiger partial charge < -0.3 is 10.2 Å². The molecule has 1 amide bonds. The Morgan fingerprint density at radius 1 is 1.47 bits per heavy atom. The summed E-state index contributed by atoms with van der Waals surface area (Å²) in [6, 6.07) is 4.44. The first-order chi connectivity index (χ1) is 9.31. The zero-order valence-corrected chi connectivity index (χ0v) is 12.4. The number of hydrogen-bond acceptors (Lipinski definition) is 4. The molecule has 3 aliphatic rings. The van der Waals surface area contributed by atoms with E-state index in [1.807, 2.05) is 16.9 Å². The fourth-order valence-electron chi connectivity index (χ4n) is 2.85. The number of carbonyl (C=O) groups excluding carboxylic acids is 1. The number of hydrogen-bond donors (Lipinski definition) is 1. The Kier molecular flexibility index (Phi) is 4.25. The van der Waals surface area contributed by atoms with Crippen LogP contribution in [0.5, 0.6) is 0 Å². The molecular formula is C14H18N2OS2. The van der Waals surface area contributed by atoms with Crippen molar-refractivity contribution in [3.63, 3.8) is 0 Å². The normalized spacial score (nSPS) is 29.8. The summed E-state index contributed by atoms with van der Waals surface area (Å²) in [5.41, 5.74) is 0. The molecule has 0 spiro atoms. The van der Waals surface area contributed by atoms with Gasteiger partial charge in [-0.05, 0) is 48.7 Å². The Hall–Kier alpha value is -0.780. The number of thiophene rings is 1. The van der Waals surface area contributed by atoms with E-state index >= 15 is 0 Å². The number of carbonyl (C=O) groups is 1. The first kappa shape index (κ1) is 13.2. The van der Waals surface area contributed by atoms with Crippen LogP contribution in [0.4, 0.5) is 0 Å². The molecule has 0 saturated carbocycles. The topological polar surface area (TPSA) is 32.3 Å². The van der Waals surface area contributed by atoms with Crippen molar-refractivity contribution in [3.05, 3.63) is 29.0 Å². The van der Waals surface area contributed by atoms with Crippen molar-refractivity contribution in [2.24, 2.45) is 5.92 Å². The molecule has 1 unspecified atom stereocenters. The smallest absolute Gasteiger partial charge is 0.244 e. The third-order valence-corrected chi connectivity index (χ3v) is 5.76. The Labute approximate surface area is 122 Å². The van der Waals surface area contributed by atoms with Crippen molar-refractivity contribution >= 4 is 29.0 Å². The summed E-state index contributed by atoms with van der Waals surface area (Å²) in [7, 11) is 0. The van der Waals surface area contributed by atoms with E-state index in [9.17, 15) is 4.79 Å². The summed E-state index contributed by atoms with van der Waals surface area (Å²) in [6.07, 6.45) is 4.12. The Balaban J connectivity index is 1.47. The van der Waals surface area contributed by atoms with E-state index < -0.39 is 0 Å². The third kappa shape index (κ3) is 3.41. The van der Waals surface area contributed by atoms with Gasteiger partial charge in [0.2, 0.25) is 5.91 Å². The minimum Gasteiger partial charge on any atom is -0.348 e. The lowest BCUT2D eigenvalue weighted by Crippen LogP contribution is -2.57. The molecular weight excluding hydrogens is 276 g/mol. The lowest BCUT2D eigenvalue weighted by Gasteiger charge is -2.44. The summed E-state index contributed by atoms with van der Waals surface area (Å²) >= 11 is 3.29. The van der Waals surface area contributed by atoms with Crippen LogP contribution in [0.2, 0.25) is 0 Å². The van der Waals surface area contributed by atoms with Crippen molar-refractivity contribution in [2.75, 3.05) is 19.6 Å². The zero-order valence-electron chi connectivity index (χ0n) is 10.7. The molecule has 0 aromatic carbocycles. The molecule has 1 atom stereocenters. The molecule has 3 nitrogen and oxygen atoms in total. The lowest BCUT2D eigenvalue weighted by atomic mass is 9.84. The average molecular weight is 294 g/mol. The van der Waals surface area contributed by atoms with Gasteiger partial charge in [-0.2, -0.15) is 0 Å². The molecule has 5 heteroatoms. The second kappa shape index (κ2) is 6.11. The van der Waals surface area contributed by atoms with Gasteiger partial charge in [0.1, 0.15) is 0 Å². The van der Waals surface area contributed by atoms with Crippen LogP contribution in [-0.4, -0.2) is 36.5 Å². The molecule has 0 aliphatic carbocycles. The number of fused-ring (bicyclic) bond motifs is 3. The van der Waals surface area contributed by atoms with Crippen LogP contribution in [-0.2, 0) is 4.79 Å². The van der Waals surface area contributed by atoms with Crippen LogP contribution in [0.25, 0.3) is 0 Å². The number of rotatable bonds is 4. The number of nitrogens with one attached hydrogen (secondary N) is 1. The summed E-state index contributed by atoms with van der Waals surface area (Å²) in [5, 5.41) is 7.08. The van der Waals surface area contributed by atoms with Gasteiger partial charge in [-0.1, -0.05) is 17.8 Å². The maximum Gasteiger partial charge on any atom is 0.244 e. The average Bonchev–Trinajstić information content (AvgIpc) is 2.93. The van der Waals surface area contributed by atoms with Crippen molar-refractivity contribution < 1.29 is 4.79 Å². The number of piperidine rings is 3. The molecule has 102 valence electrons. The van der Waals surface area contributed by atoms with Crippen LogP contribution in [0, 0.1) is 5.92 Å². The Bertz CT molecular complexity index is 450. The highest BCUT2D eigenvalue weighted by Gasteiger charge is 2.34. The molecule has 4 rings (SSSR count). The molecule has 4 heterocycles. The fraction of sp³-hybridized carbons (Fsp3) is 0.500. The first-order valence-electron chi connectivity index (χ1n) is 6.71. The minimum atomic E-state index is 0.0443. The summed E-state index contributed by atoms with van der Waals surface area (Å²) in [4.78, 5) is 14.3. The first-order valence-corrected chi connectivity index (χ1v) is 8.47. The zero-order chi connectivity index (χ0) is 13.1. The number of thioether (sulfide) groups is 1. The standard InChI is InChI=1S/C14H18N2OS2/c17-13(5-9-19-14-2-1-8-18-14)15-12-10-16-6-3-11(12)4-7-16/h1-2,5,8-9,11-12H,3-4,6-7,10H2,(H,15,17)/b9-5+. The van der Waals surface area contributed by atoms with Crippen LogP contribution in [0.1, 0.15) is 12.8 Å². The monoisotopic (exact) mass is 294 g/mol. The van der Waals surface area contributed by atoms with Gasteiger partial charge in [-0.3, -0.25) is 4.79 Å². The van der Waals surface area contributed by atoms with Gasteiger partial charge in [-0.15, -0.1) is 11.3 Å². The number of amides is 1. The van der Waals surface area contributed by atoms with Gasteiger partial charge in [0.05, 0.1) is 4.21 Å². The van der Waals surface area contributed by atoms with E-state index in [1.165, 1.54) is 30.1 Å². The third-order valence-electron chi connectivity index (χ3n) is 3.88. The van der Waals surface area contributed by atoms with Crippen molar-refractivity contribution in [1.29, 1.82) is 0 Å². The van der Waals surface area contributed by atoms with Crippen molar-refractivity contribution in [1.82, 2.24) is 10.2 Å². The van der Waals surface area contributed by atoms with E-state index in [-0.39, 0.29) is 5.91 Å². The van der Waals surface area contributed by atoms with E-state index in [0.717, 1.165) is 6.54 Å². The second-order valence-corrected chi connectivity index (χ2v) is 7.26. The molecule has 0 radical (unpaired) electrons. The van der Waals surface area contributed by atoms with Crippen LogP contribution < -0.4 is 5.32 Å². The highest BCUT2D eigenvalue weighted by molar-refractivity contribution is 8.03. The van der Waals surface area contributed by atoms with Crippen LogP contribution in [0.15, 0.2) is 33.2 Å². The van der Waals surface area contributed by atoms with Crippen molar-refractivity contribution in [2.45, 2.75) is 23.1 Å². The minimum absolute atomic E-state index is 0.0443. The molecule has 1 N–H and O–H groups in total. The maximum absolute atomic E-state index is 11.9. The fourth-order valence-corrected chi connectivity index (χ4v) is 4.34. The summed E-state index contributed by atoms with van der Waals surface area (Å²) in [6.45, 7) is 3.45. The molecule has 2 bridgehead atoms. The Morgan fingerprint density at radius 3 is 2.95 bits per heavy atom. The highest BCUT2D eigenvalue weighted by atomic mass is 32.2. The van der Waals surface area contributed by atoms with Gasteiger partial charge >= 0.3 is 0 Å². The summed E-state index contributed by atoms with van der Waals surface area (Å²) in [5.74, 6) is 0.732. The van der Waals surface area contributed by atoms with Crippen molar-refractivity contribution in [3.8, 4) is 0 Å². The Morgan fingerprint density at radius 2 is 2.32 bits per heavy atom. The van der Waals surface area contributed by atoms with E-state index in [2.05, 4.69) is 16.3 Å². The molecule has 19 heavy (non-hydrogen) atoms. The van der Waals surface area contributed by atoms with Gasteiger partial charge in [-0.25, -0.2) is 0 Å². The highest BCUT2D eigenvalue weighted by Crippen LogP contribution is 2.27. The SMILES string of the molecule is O=C(/C=C/Sc1cccs1)NC1CN2CCC1CC2. The van der Waals surface area contributed by atoms with E-state index in [4.69, 9.17) is 0 Å². The van der Waals surface area contributed by atoms with E-state index in [0.29, 0.717) is 12.0 Å². The summed E-state index contributed by atoms with van der Waals surface area (Å²) < 4.78 is 1.21. The maximum atomic E-state index is 11.9. The number of nitrogens with zero attached hydrogens (tertiary/aromatic N) is 1. The molecule has 1 aromatic heterocycles. The quantitative estimate of drug-likeness (QED) is 0.684. The van der Waals surface area contributed by atoms with Crippen LogP contribution in [0.3, 0.4) is 0 Å². The lowest BCUT2D eigenvalue weighted by molar-refractivity contribution is -0.118. The predicted molar refractivity (Wildman–Crippen MR) is 80.4 cm³/mol. The largest absolute Gasteiger partial charge is 0.348 e. The molecule has 3 fully saturated rings. The molecule has 3 saturated heterocycles. The van der Waals surface area contributed by atoms with Gasteiger partial charge in [0, 0.05) is 18.7 Å². The molecule has 3 aliphatic heterocycles. The van der Waals surface area contributed by atoms with Gasteiger partial charge in [0.25, 0.3) is 0 Å². The van der Waals surface area contributed by atoms with E-state index in [1.54, 1.807) is 29.2 Å². The van der Waals surface area contributed by atoms with Crippen LogP contribution >= 0.6 is 23.1 Å². The van der Waals surface area contributed by atoms with Gasteiger partial charge in [0.15, 0.2) is 0 Å².